The van der Waals surface area contributed by atoms with Crippen molar-refractivity contribution in [3.8, 4) is 0 Å². The van der Waals surface area contributed by atoms with E-state index in [1.165, 1.54) is 4.90 Å². The number of hydrogen-bond acceptors (Lipinski definition) is 6. The van der Waals surface area contributed by atoms with Crippen LogP contribution in [0.2, 0.25) is 0 Å². The molecule has 0 fully saturated rings. The molecular weight excluding hydrogens is 508 g/mol. The number of anilines is 1. The van der Waals surface area contributed by atoms with Crippen LogP contribution in [-0.2, 0) is 32.2 Å². The van der Waals surface area contributed by atoms with Gasteiger partial charge in [-0.1, -0.05) is 48.5 Å². The molecule has 0 bridgehead atoms. The maximum atomic E-state index is 13.7. The summed E-state index contributed by atoms with van der Waals surface area (Å²) >= 11 is 0. The van der Waals surface area contributed by atoms with E-state index in [9.17, 15) is 19.2 Å². The number of ether oxygens (including phenoxy) is 1. The number of fused-ring (bicyclic) bond motifs is 1. The van der Waals surface area contributed by atoms with E-state index in [4.69, 9.17) is 4.74 Å². The number of para-hydroxylation sites is 1. The van der Waals surface area contributed by atoms with Crippen LogP contribution in [0.4, 0.5) is 10.5 Å². The van der Waals surface area contributed by atoms with Crippen molar-refractivity contribution in [3.05, 3.63) is 77.9 Å². The van der Waals surface area contributed by atoms with Crippen LogP contribution in [0.15, 0.2) is 61.2 Å². The minimum atomic E-state index is -0.941. The number of ketones is 1. The summed E-state index contributed by atoms with van der Waals surface area (Å²) in [4.78, 5) is 53.9. The lowest BCUT2D eigenvalue weighted by atomic mass is 9.95. The molecule has 2 atom stereocenters. The standard InChI is InChI=1S/C31H40N4O5/c1-8-31(6,7)34-27(37)20(2)35(28(38)26(36)24-18-32-25-15-10-9-14-23(24)25)19-22-13-11-12-21(16-22)17-33-29(39)40-30(3,4)5/h8-16,20,24,32H,1,17-19H2,2-7H3,(H,33,39)(H,34,37). The number of carbonyl (C=O) groups is 4. The Morgan fingerprint density at radius 2 is 1.75 bits per heavy atom. The van der Waals surface area contributed by atoms with E-state index in [-0.39, 0.29) is 13.1 Å². The van der Waals surface area contributed by atoms with Crippen LogP contribution in [0, 0.1) is 0 Å². The van der Waals surface area contributed by atoms with E-state index in [2.05, 4.69) is 22.5 Å². The van der Waals surface area contributed by atoms with Crippen molar-refractivity contribution in [1.29, 1.82) is 0 Å². The Labute approximate surface area is 236 Å². The van der Waals surface area contributed by atoms with Crippen LogP contribution in [0.1, 0.15) is 64.2 Å². The average molecular weight is 549 g/mol. The molecule has 0 aliphatic carbocycles. The summed E-state index contributed by atoms with van der Waals surface area (Å²) in [5.74, 6) is -2.36. The van der Waals surface area contributed by atoms with Gasteiger partial charge in [0.15, 0.2) is 0 Å². The van der Waals surface area contributed by atoms with Gasteiger partial charge in [0.1, 0.15) is 11.6 Å². The van der Waals surface area contributed by atoms with E-state index >= 15 is 0 Å². The Hall–Kier alpha value is -4.14. The molecule has 0 aromatic heterocycles. The van der Waals surface area contributed by atoms with Gasteiger partial charge >= 0.3 is 6.09 Å². The first-order chi connectivity index (χ1) is 18.7. The maximum absolute atomic E-state index is 13.7. The summed E-state index contributed by atoms with van der Waals surface area (Å²) in [6.07, 6.45) is 1.07. The van der Waals surface area contributed by atoms with Crippen LogP contribution in [0.3, 0.4) is 0 Å². The molecule has 9 nitrogen and oxygen atoms in total. The first kappa shape index (κ1) is 30.4. The highest BCUT2D eigenvalue weighted by Gasteiger charge is 2.38. The summed E-state index contributed by atoms with van der Waals surface area (Å²) in [5, 5.41) is 8.78. The molecule has 0 radical (unpaired) electrons. The molecule has 3 amide bonds. The van der Waals surface area contributed by atoms with Crippen molar-refractivity contribution in [2.24, 2.45) is 0 Å². The first-order valence-corrected chi connectivity index (χ1v) is 13.4. The van der Waals surface area contributed by atoms with Crippen LogP contribution in [0.5, 0.6) is 0 Å². The summed E-state index contributed by atoms with van der Waals surface area (Å²) in [6.45, 7) is 14.9. The lowest BCUT2D eigenvalue weighted by molar-refractivity contribution is -0.149. The third-order valence-corrected chi connectivity index (χ3v) is 6.60. The van der Waals surface area contributed by atoms with Crippen molar-refractivity contribution < 1.29 is 23.9 Å². The molecule has 0 saturated heterocycles. The Bertz CT molecular complexity index is 1280. The molecule has 1 aliphatic rings. The predicted octanol–water partition coefficient (Wildman–Crippen LogP) is 4.29. The van der Waals surface area contributed by atoms with Crippen LogP contribution in [0.25, 0.3) is 0 Å². The largest absolute Gasteiger partial charge is 0.444 e. The topological polar surface area (TPSA) is 117 Å². The minimum absolute atomic E-state index is 0.0236. The number of Topliss-reactive ketones (excluding diaryl/α,β-unsaturated/α-hetero) is 1. The normalized spacial score (nSPS) is 15.2. The fourth-order valence-electron chi connectivity index (χ4n) is 4.33. The summed E-state index contributed by atoms with van der Waals surface area (Å²) in [6, 6.07) is 13.7. The zero-order chi connectivity index (χ0) is 29.7. The molecule has 1 heterocycles. The monoisotopic (exact) mass is 548 g/mol. The highest BCUT2D eigenvalue weighted by molar-refractivity contribution is 6.39. The van der Waals surface area contributed by atoms with Gasteiger partial charge in [-0.2, -0.15) is 0 Å². The van der Waals surface area contributed by atoms with Crippen LogP contribution < -0.4 is 16.0 Å². The van der Waals surface area contributed by atoms with Gasteiger partial charge in [0.2, 0.25) is 11.7 Å². The molecular formula is C31H40N4O5. The van der Waals surface area contributed by atoms with Gasteiger partial charge in [-0.15, -0.1) is 6.58 Å². The predicted molar refractivity (Wildman–Crippen MR) is 155 cm³/mol. The lowest BCUT2D eigenvalue weighted by Crippen LogP contribution is -2.54. The van der Waals surface area contributed by atoms with Gasteiger partial charge in [0.05, 0.1) is 11.5 Å². The van der Waals surface area contributed by atoms with Crippen molar-refractivity contribution >= 4 is 29.4 Å². The van der Waals surface area contributed by atoms with Gasteiger partial charge in [-0.25, -0.2) is 4.79 Å². The van der Waals surface area contributed by atoms with Crippen LogP contribution in [-0.4, -0.2) is 52.3 Å². The second-order valence-electron chi connectivity index (χ2n) is 11.6. The third kappa shape index (κ3) is 7.94. The van der Waals surface area contributed by atoms with Gasteiger partial charge in [-0.05, 0) is 64.3 Å². The highest BCUT2D eigenvalue weighted by Crippen LogP contribution is 2.32. The first-order valence-electron chi connectivity index (χ1n) is 13.4. The second-order valence-corrected chi connectivity index (χ2v) is 11.6. The molecule has 40 heavy (non-hydrogen) atoms. The minimum Gasteiger partial charge on any atom is -0.444 e. The summed E-state index contributed by atoms with van der Waals surface area (Å²) in [5.41, 5.74) is 1.75. The molecule has 9 heteroatoms. The van der Waals surface area contributed by atoms with E-state index in [1.54, 1.807) is 53.7 Å². The van der Waals surface area contributed by atoms with Crippen molar-refractivity contribution in [2.75, 3.05) is 11.9 Å². The zero-order valence-electron chi connectivity index (χ0n) is 24.2. The molecule has 2 unspecified atom stereocenters. The number of nitrogens with one attached hydrogen (secondary N) is 3. The second kappa shape index (κ2) is 12.4. The number of benzene rings is 2. The van der Waals surface area contributed by atoms with Crippen molar-refractivity contribution in [1.82, 2.24) is 15.5 Å². The molecule has 3 N–H and O–H groups in total. The molecule has 2 aromatic rings. The molecule has 214 valence electrons. The van der Waals surface area contributed by atoms with E-state index in [0.29, 0.717) is 12.1 Å². The Kier molecular flexibility index (Phi) is 9.40. The Morgan fingerprint density at radius 3 is 2.42 bits per heavy atom. The number of nitrogens with zero attached hydrogens (tertiary/aromatic N) is 1. The van der Waals surface area contributed by atoms with E-state index < -0.39 is 46.8 Å². The van der Waals surface area contributed by atoms with Crippen LogP contribution >= 0.6 is 0 Å². The molecule has 0 spiro atoms. The smallest absolute Gasteiger partial charge is 0.407 e. The number of rotatable bonds is 10. The summed E-state index contributed by atoms with van der Waals surface area (Å²) in [7, 11) is 0. The Balaban J connectivity index is 1.84. The number of carbonyl (C=O) groups excluding carboxylic acids is 4. The fraction of sp³-hybridized carbons (Fsp3) is 0.419. The van der Waals surface area contributed by atoms with E-state index in [1.807, 2.05) is 42.5 Å². The summed E-state index contributed by atoms with van der Waals surface area (Å²) < 4.78 is 5.30. The van der Waals surface area contributed by atoms with Gasteiger partial charge in [-0.3, -0.25) is 14.4 Å². The Morgan fingerprint density at radius 1 is 1.07 bits per heavy atom. The maximum Gasteiger partial charge on any atom is 0.407 e. The van der Waals surface area contributed by atoms with Crippen molar-refractivity contribution in [3.63, 3.8) is 0 Å². The third-order valence-electron chi connectivity index (χ3n) is 6.60. The van der Waals surface area contributed by atoms with Gasteiger partial charge < -0.3 is 25.6 Å². The van der Waals surface area contributed by atoms with Gasteiger partial charge in [0.25, 0.3) is 5.91 Å². The molecule has 3 rings (SSSR count). The molecule has 1 aliphatic heterocycles. The quantitative estimate of drug-likeness (QED) is 0.301. The number of alkyl carbamates (subject to hydrolysis) is 1. The van der Waals surface area contributed by atoms with Crippen molar-refractivity contribution in [2.45, 2.75) is 77.7 Å². The van der Waals surface area contributed by atoms with Gasteiger partial charge in [0, 0.05) is 25.3 Å². The number of amides is 3. The average Bonchev–Trinajstić information content (AvgIpc) is 3.32. The zero-order valence-corrected chi connectivity index (χ0v) is 24.2. The van der Waals surface area contributed by atoms with E-state index in [0.717, 1.165) is 16.8 Å². The fourth-order valence-corrected chi connectivity index (χ4v) is 4.33. The molecule has 2 aromatic carbocycles. The SMILES string of the molecule is C=CC(C)(C)NC(=O)C(C)N(Cc1cccc(CNC(=O)OC(C)(C)C)c1)C(=O)C(=O)C1CNc2ccccc21. The molecule has 0 saturated carbocycles. The highest BCUT2D eigenvalue weighted by atomic mass is 16.6. The number of hydrogen-bond donors (Lipinski definition) is 3. The lowest BCUT2D eigenvalue weighted by Gasteiger charge is -2.32.